The van der Waals surface area contributed by atoms with Crippen LogP contribution in [0.2, 0.25) is 0 Å². The molecule has 2 rings (SSSR count). The Morgan fingerprint density at radius 1 is 1.19 bits per heavy atom. The number of nitrogens with two attached hydrogens (primary N) is 1. The van der Waals surface area contributed by atoms with Gasteiger partial charge in [-0.3, -0.25) is 19.2 Å². The van der Waals surface area contributed by atoms with Gasteiger partial charge in [-0.25, -0.2) is 0 Å². The maximum absolute atomic E-state index is 12.3. The third-order valence-electron chi connectivity index (χ3n) is 4.95. The molecule has 2 aliphatic heterocycles. The van der Waals surface area contributed by atoms with Crippen molar-refractivity contribution in [2.24, 2.45) is 5.73 Å². The van der Waals surface area contributed by atoms with Gasteiger partial charge in [-0.1, -0.05) is 6.08 Å². The fourth-order valence-electron chi connectivity index (χ4n) is 3.38. The highest BCUT2D eigenvalue weighted by Gasteiger charge is 2.73. The summed E-state index contributed by atoms with van der Waals surface area (Å²) in [4.78, 5) is 48.8. The Kier molecular flexibility index (Phi) is 5.39. The second-order valence-corrected chi connectivity index (χ2v) is 6.68. The van der Waals surface area contributed by atoms with Crippen molar-refractivity contribution in [1.82, 2.24) is 4.90 Å². The molecule has 0 bridgehead atoms. The highest BCUT2D eigenvalue weighted by Crippen LogP contribution is 2.45. The Bertz CT molecular complexity index is 760. The van der Waals surface area contributed by atoms with Crippen molar-refractivity contribution in [2.45, 2.75) is 50.4 Å². The predicted octanol–water partition coefficient (Wildman–Crippen LogP) is -2.46. The van der Waals surface area contributed by atoms with E-state index in [0.29, 0.717) is 0 Å². The molecule has 10 nitrogen and oxygen atoms in total. The monoisotopic (exact) mass is 382 g/mol. The summed E-state index contributed by atoms with van der Waals surface area (Å²) >= 11 is 0. The van der Waals surface area contributed by atoms with Crippen LogP contribution in [-0.2, 0) is 23.9 Å². The molecule has 2 heterocycles. The molecule has 27 heavy (non-hydrogen) atoms. The predicted molar refractivity (Wildman–Crippen MR) is 89.7 cm³/mol. The Labute approximate surface area is 154 Å². The first-order valence-corrected chi connectivity index (χ1v) is 8.12. The zero-order chi connectivity index (χ0) is 20.7. The standard InChI is InChI=1S/C17H22N2O8/c1-8(20)12(23)13-16(25,9(2)21)17(26,10(3)22)15(27-13)19-6-4-5-11(7-19)14(18)24/h4-6,12-13,15,23,25-26H,7H2,1-3H3,(H2,18,24)/t12?,13-,15-,16-,17+/m1/s1. The van der Waals surface area contributed by atoms with Gasteiger partial charge in [0.05, 0.1) is 6.54 Å². The van der Waals surface area contributed by atoms with Gasteiger partial charge in [0.15, 0.2) is 29.2 Å². The highest BCUT2D eigenvalue weighted by molar-refractivity contribution is 6.00. The number of aliphatic hydroxyl groups is 3. The summed E-state index contributed by atoms with van der Waals surface area (Å²) in [6, 6.07) is 0. The minimum absolute atomic E-state index is 0.119. The molecule has 5 N–H and O–H groups in total. The molecule has 0 aromatic heterocycles. The molecule has 1 unspecified atom stereocenters. The SMILES string of the molecule is CC(=O)C(O)[C@H]1O[C@@H](N2C=CC=C(C(N)=O)C2)[C@@](O)(C(C)=O)[C@@]1(O)C(C)=O. The summed E-state index contributed by atoms with van der Waals surface area (Å²) in [6.45, 7) is 2.65. The number of ketones is 3. The van der Waals surface area contributed by atoms with E-state index in [-0.39, 0.29) is 12.1 Å². The number of amides is 1. The molecule has 0 aromatic carbocycles. The third kappa shape index (κ3) is 3.00. The summed E-state index contributed by atoms with van der Waals surface area (Å²) in [5.74, 6) is -3.68. The maximum Gasteiger partial charge on any atom is 0.246 e. The van der Waals surface area contributed by atoms with Crippen molar-refractivity contribution in [1.29, 1.82) is 0 Å². The first kappa shape index (κ1) is 20.9. The first-order chi connectivity index (χ1) is 12.4. The minimum Gasteiger partial charge on any atom is -0.382 e. The lowest BCUT2D eigenvalue weighted by Crippen LogP contribution is -2.70. The van der Waals surface area contributed by atoms with Gasteiger partial charge in [0.25, 0.3) is 0 Å². The number of Topliss-reactive ketones (excluding diaryl/α,β-unsaturated/α-hetero) is 3. The number of hydrogen-bond donors (Lipinski definition) is 4. The number of ether oxygens (including phenoxy) is 1. The van der Waals surface area contributed by atoms with Crippen LogP contribution in [0.4, 0.5) is 0 Å². The van der Waals surface area contributed by atoms with Crippen LogP contribution in [0, 0.1) is 0 Å². The molecular weight excluding hydrogens is 360 g/mol. The van der Waals surface area contributed by atoms with E-state index < -0.39 is 52.9 Å². The topological polar surface area (TPSA) is 167 Å². The molecule has 0 aliphatic carbocycles. The molecule has 0 radical (unpaired) electrons. The van der Waals surface area contributed by atoms with Gasteiger partial charge in [0.1, 0.15) is 12.2 Å². The Morgan fingerprint density at radius 2 is 1.74 bits per heavy atom. The largest absolute Gasteiger partial charge is 0.382 e. The average Bonchev–Trinajstić information content (AvgIpc) is 2.85. The van der Waals surface area contributed by atoms with Crippen LogP contribution in [0.3, 0.4) is 0 Å². The second kappa shape index (κ2) is 6.97. The quantitative estimate of drug-likeness (QED) is 0.389. The van der Waals surface area contributed by atoms with Crippen LogP contribution in [-0.4, -0.2) is 79.7 Å². The number of allylic oxidation sites excluding steroid dienone is 2. The lowest BCUT2D eigenvalue weighted by atomic mass is 9.73. The Balaban J connectivity index is 2.58. The summed E-state index contributed by atoms with van der Waals surface area (Å²) < 4.78 is 5.49. The first-order valence-electron chi connectivity index (χ1n) is 8.12. The van der Waals surface area contributed by atoms with E-state index in [1.807, 2.05) is 0 Å². The zero-order valence-electron chi connectivity index (χ0n) is 15.1. The van der Waals surface area contributed by atoms with Gasteiger partial charge < -0.3 is 30.7 Å². The fourth-order valence-corrected chi connectivity index (χ4v) is 3.38. The molecule has 0 saturated carbocycles. The fraction of sp³-hybridized carbons (Fsp3) is 0.529. The van der Waals surface area contributed by atoms with E-state index in [4.69, 9.17) is 10.5 Å². The zero-order valence-corrected chi connectivity index (χ0v) is 15.1. The molecule has 0 spiro atoms. The molecule has 148 valence electrons. The van der Waals surface area contributed by atoms with Crippen LogP contribution in [0.5, 0.6) is 0 Å². The number of nitrogens with zero attached hydrogens (tertiary/aromatic N) is 1. The number of carbonyl (C=O) groups is 4. The second-order valence-electron chi connectivity index (χ2n) is 6.68. The summed E-state index contributed by atoms with van der Waals surface area (Å²) in [5.41, 5.74) is -0.342. The lowest BCUT2D eigenvalue weighted by Gasteiger charge is -2.40. The number of hydrogen-bond acceptors (Lipinski definition) is 9. The van der Waals surface area contributed by atoms with Crippen LogP contribution >= 0.6 is 0 Å². The molecule has 1 fully saturated rings. The maximum atomic E-state index is 12.3. The number of primary amides is 1. The Hall–Kier alpha value is -2.40. The van der Waals surface area contributed by atoms with Crippen molar-refractivity contribution in [3.8, 4) is 0 Å². The van der Waals surface area contributed by atoms with Crippen LogP contribution in [0.25, 0.3) is 0 Å². The molecule has 1 amide bonds. The van der Waals surface area contributed by atoms with Crippen molar-refractivity contribution in [2.75, 3.05) is 6.54 Å². The summed E-state index contributed by atoms with van der Waals surface area (Å²) in [5, 5.41) is 32.3. The molecular formula is C17H22N2O8. The van der Waals surface area contributed by atoms with Crippen molar-refractivity contribution < 1.29 is 39.2 Å². The van der Waals surface area contributed by atoms with Crippen molar-refractivity contribution in [3.05, 3.63) is 23.9 Å². The van der Waals surface area contributed by atoms with E-state index in [2.05, 4.69) is 0 Å². The highest BCUT2D eigenvalue weighted by atomic mass is 16.6. The number of aliphatic hydroxyl groups excluding tert-OH is 1. The van der Waals surface area contributed by atoms with E-state index in [1.54, 1.807) is 0 Å². The molecule has 2 aliphatic rings. The van der Waals surface area contributed by atoms with E-state index >= 15 is 0 Å². The third-order valence-corrected chi connectivity index (χ3v) is 4.95. The summed E-state index contributed by atoms with van der Waals surface area (Å²) in [6.07, 6.45) is -1.37. The van der Waals surface area contributed by atoms with E-state index in [9.17, 15) is 34.5 Å². The normalized spacial score (nSPS) is 34.1. The molecule has 0 aromatic rings. The van der Waals surface area contributed by atoms with Gasteiger partial charge in [-0.15, -0.1) is 0 Å². The van der Waals surface area contributed by atoms with Gasteiger partial charge in [0.2, 0.25) is 11.5 Å². The van der Waals surface area contributed by atoms with Crippen LogP contribution in [0.1, 0.15) is 20.8 Å². The minimum atomic E-state index is -2.89. The summed E-state index contributed by atoms with van der Waals surface area (Å²) in [7, 11) is 0. The molecule has 10 heteroatoms. The average molecular weight is 382 g/mol. The van der Waals surface area contributed by atoms with Gasteiger partial charge in [0, 0.05) is 11.8 Å². The number of carbonyl (C=O) groups excluding carboxylic acids is 4. The number of rotatable bonds is 6. The Morgan fingerprint density at radius 3 is 2.19 bits per heavy atom. The van der Waals surface area contributed by atoms with Crippen LogP contribution in [0.15, 0.2) is 23.9 Å². The molecule has 5 atom stereocenters. The van der Waals surface area contributed by atoms with Crippen molar-refractivity contribution >= 4 is 23.3 Å². The smallest absolute Gasteiger partial charge is 0.246 e. The van der Waals surface area contributed by atoms with Gasteiger partial charge in [-0.2, -0.15) is 0 Å². The van der Waals surface area contributed by atoms with Gasteiger partial charge in [-0.05, 0) is 26.8 Å². The van der Waals surface area contributed by atoms with Gasteiger partial charge >= 0.3 is 0 Å². The van der Waals surface area contributed by atoms with E-state index in [1.165, 1.54) is 23.3 Å². The molecule has 1 saturated heterocycles. The van der Waals surface area contributed by atoms with E-state index in [0.717, 1.165) is 20.8 Å². The van der Waals surface area contributed by atoms with Crippen molar-refractivity contribution in [3.63, 3.8) is 0 Å². The van der Waals surface area contributed by atoms with Crippen LogP contribution < -0.4 is 5.73 Å². The lowest BCUT2D eigenvalue weighted by molar-refractivity contribution is -0.185.